The first-order valence-electron chi connectivity index (χ1n) is 6.13. The van der Waals surface area contributed by atoms with Gasteiger partial charge in [-0.25, -0.2) is 4.98 Å². The number of aryl methyl sites for hydroxylation is 2. The van der Waals surface area contributed by atoms with Gasteiger partial charge < -0.3 is 4.57 Å². The van der Waals surface area contributed by atoms with Crippen LogP contribution in [0.4, 0.5) is 0 Å². The fourth-order valence-corrected chi connectivity index (χ4v) is 3.03. The minimum atomic E-state index is -0.761. The number of nitrogens with zero attached hydrogens (tertiary/aromatic N) is 2. The SMILES string of the molecule is CS(=O)CCCn1c(CCCl)nc2c(Cl)cccc21. The second kappa shape index (κ2) is 6.73. The van der Waals surface area contributed by atoms with Crippen molar-refractivity contribution >= 4 is 45.0 Å². The number of para-hydroxylation sites is 1. The third kappa shape index (κ3) is 3.50. The van der Waals surface area contributed by atoms with Crippen molar-refractivity contribution in [1.82, 2.24) is 9.55 Å². The molecule has 1 heterocycles. The number of rotatable bonds is 6. The number of hydrogen-bond donors (Lipinski definition) is 0. The van der Waals surface area contributed by atoms with Crippen molar-refractivity contribution in [3.05, 3.63) is 29.0 Å². The minimum Gasteiger partial charge on any atom is -0.328 e. The van der Waals surface area contributed by atoms with E-state index in [9.17, 15) is 4.21 Å². The Hall–Kier alpha value is -0.580. The Kier molecular flexibility index (Phi) is 5.25. The first kappa shape index (κ1) is 14.8. The number of benzene rings is 1. The van der Waals surface area contributed by atoms with Gasteiger partial charge in [-0.15, -0.1) is 11.6 Å². The molecular formula is C13H16Cl2N2OS. The zero-order valence-corrected chi connectivity index (χ0v) is 13.1. The van der Waals surface area contributed by atoms with E-state index in [0.29, 0.717) is 23.1 Å². The molecule has 0 saturated heterocycles. The first-order valence-corrected chi connectivity index (χ1v) is 8.77. The third-order valence-electron chi connectivity index (χ3n) is 2.94. The molecule has 104 valence electrons. The summed E-state index contributed by atoms with van der Waals surface area (Å²) < 4.78 is 13.3. The van der Waals surface area contributed by atoms with E-state index in [4.69, 9.17) is 23.2 Å². The molecule has 0 radical (unpaired) electrons. The van der Waals surface area contributed by atoms with Crippen LogP contribution in [0.2, 0.25) is 5.02 Å². The molecule has 3 nitrogen and oxygen atoms in total. The normalized spacial score (nSPS) is 13.0. The molecule has 1 atom stereocenters. The van der Waals surface area contributed by atoms with Crippen molar-refractivity contribution in [1.29, 1.82) is 0 Å². The average Bonchev–Trinajstić information content (AvgIpc) is 2.70. The third-order valence-corrected chi connectivity index (χ3v) is 4.30. The number of aromatic nitrogens is 2. The Labute approximate surface area is 125 Å². The summed E-state index contributed by atoms with van der Waals surface area (Å²) in [4.78, 5) is 4.57. The number of halogens is 2. The average molecular weight is 319 g/mol. The van der Waals surface area contributed by atoms with Crippen LogP contribution >= 0.6 is 23.2 Å². The van der Waals surface area contributed by atoms with Gasteiger partial charge in [0.25, 0.3) is 0 Å². The maximum absolute atomic E-state index is 11.1. The molecule has 1 aromatic carbocycles. The molecule has 0 N–H and O–H groups in total. The van der Waals surface area contributed by atoms with E-state index in [2.05, 4.69) is 9.55 Å². The van der Waals surface area contributed by atoms with Crippen LogP contribution in [-0.2, 0) is 23.8 Å². The molecule has 0 bridgehead atoms. The van der Waals surface area contributed by atoms with Crippen molar-refractivity contribution in [2.45, 2.75) is 19.4 Å². The predicted octanol–water partition coefficient (Wildman–Crippen LogP) is 3.24. The highest BCUT2D eigenvalue weighted by atomic mass is 35.5. The summed E-state index contributed by atoms with van der Waals surface area (Å²) in [7, 11) is -0.761. The van der Waals surface area contributed by atoms with Crippen molar-refractivity contribution in [2.24, 2.45) is 0 Å². The first-order chi connectivity index (χ1) is 9.13. The molecular weight excluding hydrogens is 303 g/mol. The van der Waals surface area contributed by atoms with Gasteiger partial charge in [0.1, 0.15) is 11.3 Å². The number of imidazole rings is 1. The van der Waals surface area contributed by atoms with Crippen LogP contribution in [0, 0.1) is 0 Å². The minimum absolute atomic E-state index is 0.528. The molecule has 6 heteroatoms. The van der Waals surface area contributed by atoms with Crippen LogP contribution in [0.5, 0.6) is 0 Å². The summed E-state index contributed by atoms with van der Waals surface area (Å²) in [6, 6.07) is 5.77. The number of fused-ring (bicyclic) bond motifs is 1. The maximum Gasteiger partial charge on any atom is 0.111 e. The van der Waals surface area contributed by atoms with Crippen LogP contribution in [0.1, 0.15) is 12.2 Å². The van der Waals surface area contributed by atoms with Crippen molar-refractivity contribution < 1.29 is 4.21 Å². The zero-order valence-electron chi connectivity index (χ0n) is 10.7. The summed E-state index contributed by atoms with van der Waals surface area (Å²) in [5.74, 6) is 2.17. The van der Waals surface area contributed by atoms with Gasteiger partial charge in [0.15, 0.2) is 0 Å². The Bertz CT molecular complexity index is 598. The monoisotopic (exact) mass is 318 g/mol. The van der Waals surface area contributed by atoms with Gasteiger partial charge in [-0.2, -0.15) is 0 Å². The standard InChI is InChI=1S/C13H16Cl2N2OS/c1-19(18)9-3-8-17-11-5-2-4-10(15)13(11)16-12(17)6-7-14/h2,4-5H,3,6-9H2,1H3. The van der Waals surface area contributed by atoms with E-state index in [1.54, 1.807) is 6.26 Å². The quantitative estimate of drug-likeness (QED) is 0.766. The molecule has 19 heavy (non-hydrogen) atoms. The highest BCUT2D eigenvalue weighted by Crippen LogP contribution is 2.24. The molecule has 0 aliphatic heterocycles. The highest BCUT2D eigenvalue weighted by Gasteiger charge is 2.12. The summed E-state index contributed by atoms with van der Waals surface area (Å²) in [5, 5.41) is 0.658. The fourth-order valence-electron chi connectivity index (χ4n) is 2.11. The fraction of sp³-hybridized carbons (Fsp3) is 0.462. The lowest BCUT2D eigenvalue weighted by Crippen LogP contribution is -2.07. The van der Waals surface area contributed by atoms with Gasteiger partial charge in [0.2, 0.25) is 0 Å². The van der Waals surface area contributed by atoms with E-state index in [0.717, 1.165) is 29.8 Å². The second-order valence-corrected chi connectivity index (χ2v) is 6.70. The van der Waals surface area contributed by atoms with E-state index < -0.39 is 10.8 Å². The summed E-state index contributed by atoms with van der Waals surface area (Å²) in [6.45, 7) is 0.794. The molecule has 0 saturated carbocycles. The Morgan fingerprint density at radius 1 is 1.42 bits per heavy atom. The van der Waals surface area contributed by atoms with Gasteiger partial charge in [-0.1, -0.05) is 17.7 Å². The molecule has 1 aromatic heterocycles. The van der Waals surface area contributed by atoms with Crippen LogP contribution < -0.4 is 0 Å². The predicted molar refractivity (Wildman–Crippen MR) is 82.7 cm³/mol. The van der Waals surface area contributed by atoms with E-state index in [-0.39, 0.29) is 0 Å². The Morgan fingerprint density at radius 2 is 2.21 bits per heavy atom. The van der Waals surface area contributed by atoms with E-state index in [1.807, 2.05) is 18.2 Å². The van der Waals surface area contributed by atoms with Gasteiger partial charge in [-0.3, -0.25) is 4.21 Å². The molecule has 0 aliphatic rings. The summed E-state index contributed by atoms with van der Waals surface area (Å²) in [5.41, 5.74) is 1.84. The lowest BCUT2D eigenvalue weighted by atomic mass is 10.3. The zero-order chi connectivity index (χ0) is 13.8. The lowest BCUT2D eigenvalue weighted by molar-refractivity contribution is 0.650. The van der Waals surface area contributed by atoms with Gasteiger partial charge in [0.05, 0.1) is 10.5 Å². The molecule has 1 unspecified atom stereocenters. The van der Waals surface area contributed by atoms with Crippen molar-refractivity contribution in [3.63, 3.8) is 0 Å². The number of alkyl halides is 1. The van der Waals surface area contributed by atoms with E-state index in [1.165, 1.54) is 0 Å². The summed E-state index contributed by atoms with van der Waals surface area (Å²) >= 11 is 12.0. The van der Waals surface area contributed by atoms with Gasteiger partial charge in [0, 0.05) is 41.7 Å². The second-order valence-electron chi connectivity index (χ2n) is 4.36. The van der Waals surface area contributed by atoms with Crippen LogP contribution in [0.15, 0.2) is 18.2 Å². The van der Waals surface area contributed by atoms with Crippen molar-refractivity contribution in [2.75, 3.05) is 17.9 Å². The van der Waals surface area contributed by atoms with Crippen LogP contribution in [0.3, 0.4) is 0 Å². The number of hydrogen-bond acceptors (Lipinski definition) is 2. The highest BCUT2D eigenvalue weighted by molar-refractivity contribution is 7.84. The topological polar surface area (TPSA) is 34.9 Å². The van der Waals surface area contributed by atoms with Crippen molar-refractivity contribution in [3.8, 4) is 0 Å². The van der Waals surface area contributed by atoms with Crippen LogP contribution in [-0.4, -0.2) is 31.6 Å². The Morgan fingerprint density at radius 3 is 2.89 bits per heavy atom. The van der Waals surface area contributed by atoms with Gasteiger partial charge >= 0.3 is 0 Å². The molecule has 0 amide bonds. The summed E-state index contributed by atoms with van der Waals surface area (Å²) in [6.07, 6.45) is 3.29. The largest absolute Gasteiger partial charge is 0.328 e. The molecule has 0 aliphatic carbocycles. The molecule has 0 fully saturated rings. The van der Waals surface area contributed by atoms with E-state index >= 15 is 0 Å². The van der Waals surface area contributed by atoms with Gasteiger partial charge in [-0.05, 0) is 18.6 Å². The van der Waals surface area contributed by atoms with Crippen LogP contribution in [0.25, 0.3) is 11.0 Å². The molecule has 2 aromatic rings. The molecule has 0 spiro atoms. The molecule has 2 rings (SSSR count). The lowest BCUT2D eigenvalue weighted by Gasteiger charge is -2.07. The Balaban J connectivity index is 2.35. The smallest absolute Gasteiger partial charge is 0.111 e. The maximum atomic E-state index is 11.1.